The van der Waals surface area contributed by atoms with Crippen molar-refractivity contribution in [2.75, 3.05) is 26.3 Å². The van der Waals surface area contributed by atoms with Crippen LogP contribution in [0.5, 0.6) is 0 Å². The van der Waals surface area contributed by atoms with E-state index in [2.05, 4.69) is 16.0 Å². The standard InChI is InChI=1S/C10H17N3O3/c14-9-2-1-7(5-12-9)13-10(15)8-6-16-4-3-11-8/h7-8,11H,1-6H2,(H,12,14)(H,13,15). The highest BCUT2D eigenvalue weighted by molar-refractivity contribution is 5.83. The van der Waals surface area contributed by atoms with Crippen molar-refractivity contribution in [3.63, 3.8) is 0 Å². The van der Waals surface area contributed by atoms with E-state index in [0.29, 0.717) is 39.1 Å². The Balaban J connectivity index is 1.75. The molecule has 2 aliphatic rings. The molecule has 6 heteroatoms. The fraction of sp³-hybridized carbons (Fsp3) is 0.800. The summed E-state index contributed by atoms with van der Waals surface area (Å²) in [6.45, 7) is 2.31. The van der Waals surface area contributed by atoms with Crippen LogP contribution in [0.4, 0.5) is 0 Å². The second-order valence-electron chi connectivity index (χ2n) is 4.13. The first-order valence-electron chi connectivity index (χ1n) is 5.64. The quantitative estimate of drug-likeness (QED) is 0.529. The zero-order valence-electron chi connectivity index (χ0n) is 9.12. The molecule has 6 nitrogen and oxygen atoms in total. The largest absolute Gasteiger partial charge is 0.378 e. The molecule has 2 amide bonds. The van der Waals surface area contributed by atoms with Crippen LogP contribution in [0, 0.1) is 0 Å². The van der Waals surface area contributed by atoms with Crippen molar-refractivity contribution in [2.24, 2.45) is 0 Å². The Labute approximate surface area is 94.1 Å². The molecule has 2 atom stereocenters. The summed E-state index contributed by atoms with van der Waals surface area (Å²) in [6, 6.07) is -0.208. The number of rotatable bonds is 2. The lowest BCUT2D eigenvalue weighted by molar-refractivity contribution is -0.128. The van der Waals surface area contributed by atoms with Gasteiger partial charge in [-0.25, -0.2) is 0 Å². The molecule has 2 rings (SSSR count). The van der Waals surface area contributed by atoms with Gasteiger partial charge in [0.1, 0.15) is 6.04 Å². The van der Waals surface area contributed by atoms with E-state index in [-0.39, 0.29) is 23.9 Å². The van der Waals surface area contributed by atoms with Crippen LogP contribution in [0.3, 0.4) is 0 Å². The summed E-state index contributed by atoms with van der Waals surface area (Å²) >= 11 is 0. The molecule has 0 radical (unpaired) electrons. The topological polar surface area (TPSA) is 79.5 Å². The third-order valence-electron chi connectivity index (χ3n) is 2.85. The molecule has 0 aromatic carbocycles. The van der Waals surface area contributed by atoms with Crippen molar-refractivity contribution in [3.05, 3.63) is 0 Å². The van der Waals surface area contributed by atoms with Crippen LogP contribution in [-0.2, 0) is 14.3 Å². The van der Waals surface area contributed by atoms with Gasteiger partial charge in [0.15, 0.2) is 0 Å². The van der Waals surface area contributed by atoms with E-state index in [9.17, 15) is 9.59 Å². The minimum atomic E-state index is -0.258. The van der Waals surface area contributed by atoms with Gasteiger partial charge in [-0.1, -0.05) is 0 Å². The van der Waals surface area contributed by atoms with Crippen LogP contribution in [0.2, 0.25) is 0 Å². The Morgan fingerprint density at radius 2 is 2.38 bits per heavy atom. The number of nitrogens with one attached hydrogen (secondary N) is 3. The molecule has 0 saturated carbocycles. The number of hydrogen-bond acceptors (Lipinski definition) is 4. The van der Waals surface area contributed by atoms with Crippen molar-refractivity contribution in [3.8, 4) is 0 Å². The average Bonchev–Trinajstić information content (AvgIpc) is 2.33. The van der Waals surface area contributed by atoms with E-state index >= 15 is 0 Å². The van der Waals surface area contributed by atoms with Crippen LogP contribution in [0.1, 0.15) is 12.8 Å². The summed E-state index contributed by atoms with van der Waals surface area (Å²) < 4.78 is 5.22. The zero-order chi connectivity index (χ0) is 11.4. The van der Waals surface area contributed by atoms with E-state index < -0.39 is 0 Å². The third-order valence-corrected chi connectivity index (χ3v) is 2.85. The molecular formula is C10H17N3O3. The Bertz CT molecular complexity index is 266. The van der Waals surface area contributed by atoms with Gasteiger partial charge in [-0.15, -0.1) is 0 Å². The van der Waals surface area contributed by atoms with Crippen LogP contribution in [-0.4, -0.2) is 50.2 Å². The van der Waals surface area contributed by atoms with Gasteiger partial charge in [-0.2, -0.15) is 0 Å². The normalized spacial score (nSPS) is 30.6. The zero-order valence-corrected chi connectivity index (χ0v) is 9.12. The first-order chi connectivity index (χ1) is 7.75. The lowest BCUT2D eigenvalue weighted by atomic mass is 10.1. The first-order valence-corrected chi connectivity index (χ1v) is 5.64. The number of ether oxygens (including phenoxy) is 1. The van der Waals surface area contributed by atoms with Gasteiger partial charge >= 0.3 is 0 Å². The molecule has 2 fully saturated rings. The van der Waals surface area contributed by atoms with Crippen LogP contribution in [0.25, 0.3) is 0 Å². The molecule has 0 spiro atoms. The summed E-state index contributed by atoms with van der Waals surface area (Å²) in [5.41, 5.74) is 0. The van der Waals surface area contributed by atoms with Gasteiger partial charge in [0, 0.05) is 25.6 Å². The number of hydrogen-bond donors (Lipinski definition) is 3. The molecule has 2 saturated heterocycles. The number of piperidine rings is 1. The number of carbonyl (C=O) groups is 2. The van der Waals surface area contributed by atoms with Crippen LogP contribution in [0.15, 0.2) is 0 Å². The van der Waals surface area contributed by atoms with Crippen molar-refractivity contribution >= 4 is 11.8 Å². The molecular weight excluding hydrogens is 210 g/mol. The summed E-state index contributed by atoms with van der Waals surface area (Å²) in [7, 11) is 0. The Morgan fingerprint density at radius 1 is 1.50 bits per heavy atom. The van der Waals surface area contributed by atoms with Crippen LogP contribution < -0.4 is 16.0 Å². The van der Waals surface area contributed by atoms with E-state index in [4.69, 9.17) is 4.74 Å². The lowest BCUT2D eigenvalue weighted by Crippen LogP contribution is -2.56. The smallest absolute Gasteiger partial charge is 0.239 e. The molecule has 2 aliphatic heterocycles. The second kappa shape index (κ2) is 5.27. The molecule has 90 valence electrons. The summed E-state index contributed by atoms with van der Waals surface area (Å²) in [5, 5.41) is 8.74. The predicted octanol–water partition coefficient (Wildman–Crippen LogP) is -1.63. The van der Waals surface area contributed by atoms with Crippen molar-refractivity contribution < 1.29 is 14.3 Å². The summed E-state index contributed by atoms with van der Waals surface area (Å²) in [4.78, 5) is 22.7. The Morgan fingerprint density at radius 3 is 3.00 bits per heavy atom. The molecule has 0 aliphatic carbocycles. The SMILES string of the molecule is O=C1CCC(NC(=O)C2COCCN2)CN1. The number of amides is 2. The maximum absolute atomic E-state index is 11.8. The lowest BCUT2D eigenvalue weighted by Gasteiger charge is -2.28. The molecule has 3 N–H and O–H groups in total. The highest BCUT2D eigenvalue weighted by Crippen LogP contribution is 2.03. The first kappa shape index (κ1) is 11.3. The fourth-order valence-electron chi connectivity index (χ4n) is 1.89. The third kappa shape index (κ3) is 2.93. The molecule has 0 bridgehead atoms. The van der Waals surface area contributed by atoms with Gasteiger partial charge < -0.3 is 20.7 Å². The minimum absolute atomic E-state index is 0.0409. The number of carbonyl (C=O) groups excluding carboxylic acids is 2. The number of morpholine rings is 1. The highest BCUT2D eigenvalue weighted by Gasteiger charge is 2.25. The van der Waals surface area contributed by atoms with E-state index in [1.807, 2.05) is 0 Å². The van der Waals surface area contributed by atoms with E-state index in [1.54, 1.807) is 0 Å². The molecule has 0 aromatic rings. The maximum atomic E-state index is 11.8. The van der Waals surface area contributed by atoms with E-state index in [0.717, 1.165) is 0 Å². The fourth-order valence-corrected chi connectivity index (χ4v) is 1.89. The van der Waals surface area contributed by atoms with E-state index in [1.165, 1.54) is 0 Å². The van der Waals surface area contributed by atoms with Crippen molar-refractivity contribution in [1.29, 1.82) is 0 Å². The van der Waals surface area contributed by atoms with Gasteiger partial charge in [0.2, 0.25) is 11.8 Å². The minimum Gasteiger partial charge on any atom is -0.378 e. The Kier molecular flexibility index (Phi) is 3.74. The molecule has 2 heterocycles. The monoisotopic (exact) mass is 227 g/mol. The molecule has 2 unspecified atom stereocenters. The maximum Gasteiger partial charge on any atom is 0.239 e. The van der Waals surface area contributed by atoms with Gasteiger partial charge in [0.25, 0.3) is 0 Å². The molecule has 0 aromatic heterocycles. The van der Waals surface area contributed by atoms with Crippen molar-refractivity contribution in [2.45, 2.75) is 24.9 Å². The average molecular weight is 227 g/mol. The second-order valence-corrected chi connectivity index (χ2v) is 4.13. The van der Waals surface area contributed by atoms with Crippen LogP contribution >= 0.6 is 0 Å². The van der Waals surface area contributed by atoms with Gasteiger partial charge in [0.05, 0.1) is 13.2 Å². The predicted molar refractivity (Wildman–Crippen MR) is 56.8 cm³/mol. The Hall–Kier alpha value is -1.14. The van der Waals surface area contributed by atoms with Crippen molar-refractivity contribution in [1.82, 2.24) is 16.0 Å². The van der Waals surface area contributed by atoms with Gasteiger partial charge in [-0.05, 0) is 6.42 Å². The summed E-state index contributed by atoms with van der Waals surface area (Å²) in [5.74, 6) is 0.0190. The van der Waals surface area contributed by atoms with Gasteiger partial charge in [-0.3, -0.25) is 9.59 Å². The summed E-state index contributed by atoms with van der Waals surface area (Å²) in [6.07, 6.45) is 1.20. The highest BCUT2D eigenvalue weighted by atomic mass is 16.5. The molecule has 16 heavy (non-hydrogen) atoms.